The van der Waals surface area contributed by atoms with E-state index >= 15 is 0 Å². The third-order valence-corrected chi connectivity index (χ3v) is 1.50. The summed E-state index contributed by atoms with van der Waals surface area (Å²) in [5, 5.41) is 4.04. The van der Waals surface area contributed by atoms with Crippen molar-refractivity contribution >= 4 is 23.2 Å². The molecule has 0 aliphatic heterocycles. The van der Waals surface area contributed by atoms with Crippen molar-refractivity contribution in [2.75, 3.05) is 0 Å². The van der Waals surface area contributed by atoms with Gasteiger partial charge in [-0.15, -0.1) is 0 Å². The summed E-state index contributed by atoms with van der Waals surface area (Å²) in [5.74, 6) is 0. The average molecular weight is 191 g/mol. The van der Waals surface area contributed by atoms with E-state index in [1.165, 1.54) is 0 Å². The van der Waals surface area contributed by atoms with E-state index in [0.29, 0.717) is 6.54 Å². The molecule has 11 heavy (non-hydrogen) atoms. The van der Waals surface area contributed by atoms with Crippen LogP contribution in [0.25, 0.3) is 0 Å². The van der Waals surface area contributed by atoms with Gasteiger partial charge in [-0.05, 0) is 18.6 Å². The largest absolute Gasteiger partial charge is 0.269 e. The van der Waals surface area contributed by atoms with Crippen LogP contribution in [-0.2, 0) is 6.54 Å². The molecular formula is C7H8Cl2N2. The Morgan fingerprint density at radius 3 is 2.91 bits per heavy atom. The average Bonchev–Trinajstić information content (AvgIpc) is 2.31. The molecule has 1 heterocycles. The lowest BCUT2D eigenvalue weighted by Crippen LogP contribution is -1.94. The maximum atomic E-state index is 5.42. The third kappa shape index (κ3) is 2.95. The molecule has 1 aromatic heterocycles. The van der Waals surface area contributed by atoms with Gasteiger partial charge in [0.2, 0.25) is 0 Å². The molecule has 0 saturated carbocycles. The van der Waals surface area contributed by atoms with E-state index in [1.807, 2.05) is 13.1 Å². The summed E-state index contributed by atoms with van der Waals surface area (Å²) in [5.41, 5.74) is 1.13. The van der Waals surface area contributed by atoms with E-state index in [1.54, 1.807) is 17.0 Å². The van der Waals surface area contributed by atoms with Gasteiger partial charge in [0.25, 0.3) is 0 Å². The van der Waals surface area contributed by atoms with Crippen LogP contribution in [0.5, 0.6) is 0 Å². The van der Waals surface area contributed by atoms with Crippen LogP contribution in [0.4, 0.5) is 0 Å². The van der Waals surface area contributed by atoms with Crippen molar-refractivity contribution in [3.63, 3.8) is 0 Å². The number of aryl methyl sites for hydroxylation is 1. The second kappa shape index (κ2) is 3.79. The first-order chi connectivity index (χ1) is 5.18. The molecule has 4 heteroatoms. The van der Waals surface area contributed by atoms with Crippen LogP contribution in [0, 0.1) is 6.92 Å². The number of halogens is 2. The summed E-state index contributed by atoms with van der Waals surface area (Å²) >= 11 is 10.8. The smallest absolute Gasteiger partial charge is 0.104 e. The first-order valence-electron chi connectivity index (χ1n) is 3.18. The highest BCUT2D eigenvalue weighted by Gasteiger charge is 1.90. The zero-order valence-corrected chi connectivity index (χ0v) is 7.60. The maximum Gasteiger partial charge on any atom is 0.104 e. The molecular weight excluding hydrogens is 183 g/mol. The SMILES string of the molecule is Cc1cnn(CC=C(Cl)Cl)c1. The molecule has 0 aliphatic carbocycles. The van der Waals surface area contributed by atoms with Gasteiger partial charge < -0.3 is 0 Å². The van der Waals surface area contributed by atoms with Crippen LogP contribution in [0.1, 0.15) is 5.56 Å². The predicted octanol–water partition coefficient (Wildman–Crippen LogP) is 2.51. The molecule has 0 spiro atoms. The van der Waals surface area contributed by atoms with Crippen LogP contribution in [0.15, 0.2) is 23.0 Å². The Kier molecular flexibility index (Phi) is 2.97. The number of nitrogens with zero attached hydrogens (tertiary/aromatic N) is 2. The summed E-state index contributed by atoms with van der Waals surface area (Å²) in [6.07, 6.45) is 5.40. The van der Waals surface area contributed by atoms with E-state index in [-0.39, 0.29) is 4.49 Å². The van der Waals surface area contributed by atoms with Crippen LogP contribution < -0.4 is 0 Å². The van der Waals surface area contributed by atoms with Gasteiger partial charge in [-0.3, -0.25) is 4.68 Å². The van der Waals surface area contributed by atoms with Gasteiger partial charge >= 0.3 is 0 Å². The van der Waals surface area contributed by atoms with Gasteiger partial charge in [0.1, 0.15) is 4.49 Å². The lowest BCUT2D eigenvalue weighted by Gasteiger charge is -1.92. The molecule has 0 fully saturated rings. The molecule has 0 unspecified atom stereocenters. The molecule has 60 valence electrons. The minimum absolute atomic E-state index is 0.276. The first-order valence-corrected chi connectivity index (χ1v) is 3.94. The minimum Gasteiger partial charge on any atom is -0.269 e. The van der Waals surface area contributed by atoms with Crippen molar-refractivity contribution in [2.45, 2.75) is 13.5 Å². The Balaban J connectivity index is 2.58. The van der Waals surface area contributed by atoms with Crippen molar-refractivity contribution < 1.29 is 0 Å². The molecule has 2 nitrogen and oxygen atoms in total. The van der Waals surface area contributed by atoms with Crippen molar-refractivity contribution in [1.29, 1.82) is 0 Å². The Morgan fingerprint density at radius 1 is 1.73 bits per heavy atom. The normalized spacial score (nSPS) is 9.73. The number of allylic oxidation sites excluding steroid dienone is 1. The Bertz CT molecular complexity index is 261. The molecule has 0 atom stereocenters. The van der Waals surface area contributed by atoms with Crippen LogP contribution in [0.2, 0.25) is 0 Å². The van der Waals surface area contributed by atoms with Crippen molar-refractivity contribution in [3.8, 4) is 0 Å². The quantitative estimate of drug-likeness (QED) is 0.702. The van der Waals surface area contributed by atoms with E-state index in [4.69, 9.17) is 23.2 Å². The summed E-state index contributed by atoms with van der Waals surface area (Å²) < 4.78 is 2.04. The highest BCUT2D eigenvalue weighted by molar-refractivity contribution is 6.55. The zero-order valence-electron chi connectivity index (χ0n) is 6.09. The Morgan fingerprint density at radius 2 is 2.45 bits per heavy atom. The van der Waals surface area contributed by atoms with Crippen molar-refractivity contribution in [1.82, 2.24) is 9.78 Å². The molecule has 0 N–H and O–H groups in total. The molecule has 0 amide bonds. The fourth-order valence-electron chi connectivity index (χ4n) is 0.729. The zero-order chi connectivity index (χ0) is 8.27. The second-order valence-corrected chi connectivity index (χ2v) is 3.24. The third-order valence-electron chi connectivity index (χ3n) is 1.19. The van der Waals surface area contributed by atoms with Gasteiger partial charge in [-0.25, -0.2) is 0 Å². The van der Waals surface area contributed by atoms with Gasteiger partial charge in [0, 0.05) is 6.20 Å². The number of hydrogen-bond donors (Lipinski definition) is 0. The monoisotopic (exact) mass is 190 g/mol. The van der Waals surface area contributed by atoms with Gasteiger partial charge in [-0.2, -0.15) is 5.10 Å². The number of rotatable bonds is 2. The predicted molar refractivity (Wildman–Crippen MR) is 46.8 cm³/mol. The first kappa shape index (κ1) is 8.62. The molecule has 0 aromatic carbocycles. The van der Waals surface area contributed by atoms with E-state index in [0.717, 1.165) is 5.56 Å². The van der Waals surface area contributed by atoms with Crippen LogP contribution >= 0.6 is 23.2 Å². The van der Waals surface area contributed by atoms with Gasteiger partial charge in [-0.1, -0.05) is 23.2 Å². The highest BCUT2D eigenvalue weighted by atomic mass is 35.5. The molecule has 0 saturated heterocycles. The highest BCUT2D eigenvalue weighted by Crippen LogP contribution is 2.06. The van der Waals surface area contributed by atoms with Gasteiger partial charge in [0.05, 0.1) is 12.7 Å². The molecule has 0 aliphatic rings. The van der Waals surface area contributed by atoms with Gasteiger partial charge in [0.15, 0.2) is 0 Å². The number of aromatic nitrogens is 2. The number of hydrogen-bond acceptors (Lipinski definition) is 1. The standard InChI is InChI=1S/C7H8Cl2N2/c1-6-4-10-11(5-6)3-2-7(8)9/h2,4-5H,3H2,1H3. The lowest BCUT2D eigenvalue weighted by atomic mass is 10.4. The van der Waals surface area contributed by atoms with Crippen molar-refractivity contribution in [2.24, 2.45) is 0 Å². The summed E-state index contributed by atoms with van der Waals surface area (Å²) in [4.78, 5) is 0. The van der Waals surface area contributed by atoms with E-state index < -0.39 is 0 Å². The van der Waals surface area contributed by atoms with E-state index in [2.05, 4.69) is 5.10 Å². The van der Waals surface area contributed by atoms with Crippen LogP contribution in [0.3, 0.4) is 0 Å². The second-order valence-electron chi connectivity index (χ2n) is 2.23. The molecule has 1 aromatic rings. The molecule has 0 radical (unpaired) electrons. The topological polar surface area (TPSA) is 17.8 Å². The minimum atomic E-state index is 0.276. The van der Waals surface area contributed by atoms with Crippen molar-refractivity contribution in [3.05, 3.63) is 28.5 Å². The fourth-order valence-corrected chi connectivity index (χ4v) is 0.867. The van der Waals surface area contributed by atoms with E-state index in [9.17, 15) is 0 Å². The lowest BCUT2D eigenvalue weighted by molar-refractivity contribution is 0.701. The van der Waals surface area contributed by atoms with Crippen LogP contribution in [-0.4, -0.2) is 9.78 Å². The summed E-state index contributed by atoms with van der Waals surface area (Å²) in [6, 6.07) is 0. The molecule has 1 rings (SSSR count). The Labute approximate surface area is 75.4 Å². The summed E-state index contributed by atoms with van der Waals surface area (Å²) in [7, 11) is 0. The summed E-state index contributed by atoms with van der Waals surface area (Å²) in [6.45, 7) is 2.60. The fraction of sp³-hybridized carbons (Fsp3) is 0.286. The Hall–Kier alpha value is -0.470. The maximum absolute atomic E-state index is 5.42. The molecule has 0 bridgehead atoms.